The number of hydrogen-bond acceptors (Lipinski definition) is 2. The van der Waals surface area contributed by atoms with Gasteiger partial charge in [0.05, 0.1) is 0 Å². The second-order valence-corrected chi connectivity index (χ2v) is 5.12. The van der Waals surface area contributed by atoms with Crippen LogP contribution in [0.5, 0.6) is 0 Å². The monoisotopic (exact) mass is 262 g/mol. The Morgan fingerprint density at radius 3 is 2.84 bits per heavy atom. The number of carbonyl (C=O) groups excluding carboxylic acids is 1. The Morgan fingerprint density at radius 2 is 2.16 bits per heavy atom. The van der Waals surface area contributed by atoms with Crippen LogP contribution in [0.15, 0.2) is 24.3 Å². The van der Waals surface area contributed by atoms with Crippen molar-refractivity contribution in [3.8, 4) is 0 Å². The smallest absolute Gasteiger partial charge is 0.319 e. The highest BCUT2D eigenvalue weighted by atomic mass is 16.5. The highest BCUT2D eigenvalue weighted by Crippen LogP contribution is 2.17. The molecule has 1 saturated heterocycles. The van der Waals surface area contributed by atoms with Crippen LogP contribution in [0.2, 0.25) is 0 Å². The second-order valence-electron chi connectivity index (χ2n) is 5.12. The fourth-order valence-corrected chi connectivity index (χ4v) is 2.22. The number of anilines is 1. The molecule has 1 heterocycles. The maximum absolute atomic E-state index is 11.6. The molecular formula is C15H22N2O2. The minimum atomic E-state index is -0.133. The van der Waals surface area contributed by atoms with E-state index in [1.807, 2.05) is 31.2 Å². The molecule has 2 rings (SSSR count). The number of carbonyl (C=O) groups is 1. The van der Waals surface area contributed by atoms with Crippen molar-refractivity contribution in [1.29, 1.82) is 0 Å². The average molecular weight is 262 g/mol. The molecule has 1 aromatic rings. The van der Waals surface area contributed by atoms with Gasteiger partial charge in [0.2, 0.25) is 0 Å². The van der Waals surface area contributed by atoms with Crippen molar-refractivity contribution in [1.82, 2.24) is 5.32 Å². The molecule has 1 aromatic carbocycles. The molecule has 1 aliphatic rings. The number of urea groups is 1. The molecule has 1 fully saturated rings. The first kappa shape index (κ1) is 13.9. The van der Waals surface area contributed by atoms with Gasteiger partial charge in [-0.3, -0.25) is 0 Å². The molecule has 4 nitrogen and oxygen atoms in total. The van der Waals surface area contributed by atoms with E-state index in [9.17, 15) is 4.79 Å². The zero-order chi connectivity index (χ0) is 13.5. The summed E-state index contributed by atoms with van der Waals surface area (Å²) in [7, 11) is 0. The van der Waals surface area contributed by atoms with Crippen molar-refractivity contribution in [3.05, 3.63) is 29.8 Å². The largest absolute Gasteiger partial charge is 0.381 e. The predicted molar refractivity (Wildman–Crippen MR) is 76.4 cm³/mol. The van der Waals surface area contributed by atoms with Crippen LogP contribution in [-0.2, 0) is 4.74 Å². The van der Waals surface area contributed by atoms with Gasteiger partial charge in [-0.25, -0.2) is 4.79 Å². The Balaban J connectivity index is 1.60. The Kier molecular flexibility index (Phi) is 5.21. The lowest BCUT2D eigenvalue weighted by atomic mass is 10.0. The number of ether oxygens (including phenoxy) is 1. The van der Waals surface area contributed by atoms with Crippen LogP contribution >= 0.6 is 0 Å². The Hall–Kier alpha value is -1.55. The normalized spacial score (nSPS) is 18.3. The second kappa shape index (κ2) is 7.14. The van der Waals surface area contributed by atoms with Crippen molar-refractivity contribution >= 4 is 11.7 Å². The third-order valence-corrected chi connectivity index (χ3v) is 3.41. The van der Waals surface area contributed by atoms with Gasteiger partial charge in [0.1, 0.15) is 0 Å². The van der Waals surface area contributed by atoms with Crippen LogP contribution in [0.4, 0.5) is 10.5 Å². The first-order valence-electron chi connectivity index (χ1n) is 6.93. The molecule has 1 unspecified atom stereocenters. The summed E-state index contributed by atoms with van der Waals surface area (Å²) >= 11 is 0. The van der Waals surface area contributed by atoms with Crippen LogP contribution in [0, 0.1) is 12.8 Å². The van der Waals surface area contributed by atoms with Gasteiger partial charge in [-0.1, -0.05) is 17.7 Å². The van der Waals surface area contributed by atoms with E-state index in [1.54, 1.807) is 0 Å². The highest BCUT2D eigenvalue weighted by molar-refractivity contribution is 5.89. The lowest BCUT2D eigenvalue weighted by Crippen LogP contribution is -2.29. The first-order chi connectivity index (χ1) is 9.24. The number of amides is 2. The van der Waals surface area contributed by atoms with E-state index in [-0.39, 0.29) is 6.03 Å². The third kappa shape index (κ3) is 4.91. The molecule has 104 valence electrons. The van der Waals surface area contributed by atoms with Crippen molar-refractivity contribution in [2.45, 2.75) is 26.2 Å². The minimum absolute atomic E-state index is 0.133. The number of nitrogens with one attached hydrogen (secondary N) is 2. The van der Waals surface area contributed by atoms with E-state index < -0.39 is 0 Å². The topological polar surface area (TPSA) is 50.4 Å². The molecule has 4 heteroatoms. The number of aryl methyl sites for hydroxylation is 1. The summed E-state index contributed by atoms with van der Waals surface area (Å²) in [5.41, 5.74) is 2.01. The third-order valence-electron chi connectivity index (χ3n) is 3.41. The molecule has 0 aliphatic carbocycles. The molecule has 2 N–H and O–H groups in total. The highest BCUT2D eigenvalue weighted by Gasteiger charge is 2.14. The van der Waals surface area contributed by atoms with Gasteiger partial charge in [-0.05, 0) is 44.2 Å². The number of hydrogen-bond donors (Lipinski definition) is 2. The molecule has 19 heavy (non-hydrogen) atoms. The summed E-state index contributed by atoms with van der Waals surface area (Å²) in [6, 6.07) is 7.65. The summed E-state index contributed by atoms with van der Waals surface area (Å²) in [5.74, 6) is 0.682. The zero-order valence-electron chi connectivity index (χ0n) is 11.4. The van der Waals surface area contributed by atoms with Gasteiger partial charge < -0.3 is 15.4 Å². The molecule has 2 amide bonds. The van der Waals surface area contributed by atoms with E-state index in [2.05, 4.69) is 10.6 Å². The Bertz CT molecular complexity index is 397. The van der Waals surface area contributed by atoms with Gasteiger partial charge in [-0.2, -0.15) is 0 Å². The van der Waals surface area contributed by atoms with Crippen molar-refractivity contribution in [2.24, 2.45) is 5.92 Å². The number of rotatable bonds is 5. The fraction of sp³-hybridized carbons (Fsp3) is 0.533. The lowest BCUT2D eigenvalue weighted by Gasteiger charge is -2.09. The van der Waals surface area contributed by atoms with E-state index in [0.717, 1.165) is 38.2 Å². The van der Waals surface area contributed by atoms with Crippen LogP contribution in [0.1, 0.15) is 24.8 Å². The number of benzene rings is 1. The maximum Gasteiger partial charge on any atom is 0.319 e. The quantitative estimate of drug-likeness (QED) is 0.802. The van der Waals surface area contributed by atoms with E-state index in [0.29, 0.717) is 12.5 Å². The summed E-state index contributed by atoms with van der Waals surface area (Å²) in [6.45, 7) is 4.52. The first-order valence-corrected chi connectivity index (χ1v) is 6.93. The van der Waals surface area contributed by atoms with Gasteiger partial charge in [-0.15, -0.1) is 0 Å². The van der Waals surface area contributed by atoms with Gasteiger partial charge in [0, 0.05) is 25.4 Å². The van der Waals surface area contributed by atoms with Crippen LogP contribution < -0.4 is 10.6 Å². The summed E-state index contributed by atoms with van der Waals surface area (Å²) in [6.07, 6.45) is 3.30. The van der Waals surface area contributed by atoms with Gasteiger partial charge in [0.15, 0.2) is 0 Å². The van der Waals surface area contributed by atoms with Crippen LogP contribution in [0.25, 0.3) is 0 Å². The van der Waals surface area contributed by atoms with Gasteiger partial charge >= 0.3 is 6.03 Å². The summed E-state index contributed by atoms with van der Waals surface area (Å²) in [4.78, 5) is 11.6. The fourth-order valence-electron chi connectivity index (χ4n) is 2.22. The molecule has 0 saturated carbocycles. The molecular weight excluding hydrogens is 240 g/mol. The minimum Gasteiger partial charge on any atom is -0.381 e. The van der Waals surface area contributed by atoms with E-state index in [1.165, 1.54) is 5.56 Å². The molecule has 0 aromatic heterocycles. The molecule has 0 spiro atoms. The molecule has 1 aliphatic heterocycles. The SMILES string of the molecule is Cc1ccc(NC(=O)NCCCC2CCOC2)cc1. The summed E-state index contributed by atoms with van der Waals surface area (Å²) in [5, 5.41) is 5.70. The molecule has 0 bridgehead atoms. The molecule has 1 atom stereocenters. The van der Waals surface area contributed by atoms with Gasteiger partial charge in [0.25, 0.3) is 0 Å². The van der Waals surface area contributed by atoms with Crippen molar-refractivity contribution in [2.75, 3.05) is 25.1 Å². The summed E-state index contributed by atoms with van der Waals surface area (Å²) < 4.78 is 5.32. The average Bonchev–Trinajstić information content (AvgIpc) is 2.91. The predicted octanol–water partition coefficient (Wildman–Crippen LogP) is 2.93. The molecule has 0 radical (unpaired) electrons. The van der Waals surface area contributed by atoms with Crippen molar-refractivity contribution < 1.29 is 9.53 Å². The zero-order valence-corrected chi connectivity index (χ0v) is 11.4. The van der Waals surface area contributed by atoms with Crippen molar-refractivity contribution in [3.63, 3.8) is 0 Å². The Morgan fingerprint density at radius 1 is 1.37 bits per heavy atom. The van der Waals surface area contributed by atoms with E-state index in [4.69, 9.17) is 4.74 Å². The van der Waals surface area contributed by atoms with Crippen LogP contribution in [-0.4, -0.2) is 25.8 Å². The lowest BCUT2D eigenvalue weighted by molar-refractivity contribution is 0.184. The maximum atomic E-state index is 11.6. The van der Waals surface area contributed by atoms with E-state index >= 15 is 0 Å². The van der Waals surface area contributed by atoms with Crippen LogP contribution in [0.3, 0.4) is 0 Å². The Labute approximate surface area is 114 Å². The standard InChI is InChI=1S/C15H22N2O2/c1-12-4-6-14(7-5-12)17-15(18)16-9-2-3-13-8-10-19-11-13/h4-7,13H,2-3,8-11H2,1H3,(H2,16,17,18).